The third kappa shape index (κ3) is 4.56. The summed E-state index contributed by atoms with van der Waals surface area (Å²) >= 11 is 0. The third-order valence-electron chi connectivity index (χ3n) is 3.61. The number of methoxy groups -OCH3 is 1. The first-order chi connectivity index (χ1) is 11.3. The highest BCUT2D eigenvalue weighted by Gasteiger charge is 2.09. The number of amides is 1. The Labute approximate surface area is 141 Å². The predicted molar refractivity (Wildman–Crippen MR) is 91.6 cm³/mol. The lowest BCUT2D eigenvalue weighted by Gasteiger charge is -2.09. The maximum absolute atomic E-state index is 12.1. The van der Waals surface area contributed by atoms with Gasteiger partial charge in [-0.05, 0) is 54.8 Å². The first-order valence-electron chi connectivity index (χ1n) is 7.36. The number of sulfonamides is 1. The summed E-state index contributed by atoms with van der Waals surface area (Å²) in [6, 6.07) is 11.5. The second-order valence-corrected chi connectivity index (χ2v) is 6.94. The molecule has 0 saturated heterocycles. The van der Waals surface area contributed by atoms with Crippen molar-refractivity contribution in [2.24, 2.45) is 5.14 Å². The molecule has 24 heavy (non-hydrogen) atoms. The molecule has 128 valence electrons. The van der Waals surface area contributed by atoms with Gasteiger partial charge in [-0.15, -0.1) is 0 Å². The van der Waals surface area contributed by atoms with E-state index in [0.717, 1.165) is 16.9 Å². The number of carbonyl (C=O) groups excluding carboxylic acids is 1. The number of primary sulfonamides is 1. The van der Waals surface area contributed by atoms with Crippen LogP contribution in [-0.4, -0.2) is 28.0 Å². The van der Waals surface area contributed by atoms with E-state index < -0.39 is 10.0 Å². The van der Waals surface area contributed by atoms with Crippen LogP contribution in [0.1, 0.15) is 21.5 Å². The molecular weight excluding hydrogens is 328 g/mol. The minimum Gasteiger partial charge on any atom is -0.496 e. The number of benzene rings is 2. The molecule has 0 aliphatic heterocycles. The van der Waals surface area contributed by atoms with Gasteiger partial charge in [-0.1, -0.05) is 12.1 Å². The molecule has 0 spiro atoms. The molecule has 0 heterocycles. The zero-order chi connectivity index (χ0) is 17.7. The van der Waals surface area contributed by atoms with E-state index in [1.807, 2.05) is 6.92 Å². The molecule has 1 amide bonds. The summed E-state index contributed by atoms with van der Waals surface area (Å²) in [5.74, 6) is 0.573. The monoisotopic (exact) mass is 348 g/mol. The number of rotatable bonds is 6. The summed E-state index contributed by atoms with van der Waals surface area (Å²) < 4.78 is 27.5. The fourth-order valence-electron chi connectivity index (χ4n) is 2.29. The highest BCUT2D eigenvalue weighted by molar-refractivity contribution is 7.89. The molecule has 6 nitrogen and oxygen atoms in total. The molecule has 0 aromatic heterocycles. The molecule has 0 atom stereocenters. The molecule has 2 aromatic carbocycles. The Bertz CT molecular complexity index is 830. The Balaban J connectivity index is 1.92. The predicted octanol–water partition coefficient (Wildman–Crippen LogP) is 1.62. The van der Waals surface area contributed by atoms with Crippen LogP contribution >= 0.6 is 0 Å². The summed E-state index contributed by atoms with van der Waals surface area (Å²) in [4.78, 5) is 12.2. The Hall–Kier alpha value is -2.38. The van der Waals surface area contributed by atoms with Crippen molar-refractivity contribution in [3.8, 4) is 5.75 Å². The number of hydrogen-bond acceptors (Lipinski definition) is 4. The molecule has 7 heteroatoms. The van der Waals surface area contributed by atoms with Crippen molar-refractivity contribution in [2.75, 3.05) is 13.7 Å². The molecule has 0 aliphatic carbocycles. The first kappa shape index (κ1) is 18.0. The summed E-state index contributed by atoms with van der Waals surface area (Å²) in [5.41, 5.74) is 2.37. The van der Waals surface area contributed by atoms with Crippen molar-refractivity contribution in [2.45, 2.75) is 18.2 Å². The molecule has 0 saturated carbocycles. The van der Waals surface area contributed by atoms with Gasteiger partial charge in [0, 0.05) is 12.1 Å². The second kappa shape index (κ2) is 7.46. The quantitative estimate of drug-likeness (QED) is 0.829. The highest BCUT2D eigenvalue weighted by atomic mass is 32.2. The van der Waals surface area contributed by atoms with Gasteiger partial charge in [-0.3, -0.25) is 4.79 Å². The van der Waals surface area contributed by atoms with E-state index in [1.165, 1.54) is 12.1 Å². The summed E-state index contributed by atoms with van der Waals surface area (Å²) in [5, 5.41) is 7.88. The van der Waals surface area contributed by atoms with E-state index in [1.54, 1.807) is 37.4 Å². The summed E-state index contributed by atoms with van der Waals surface area (Å²) in [7, 11) is -2.09. The Morgan fingerprint density at radius 3 is 2.38 bits per heavy atom. The topological polar surface area (TPSA) is 98.5 Å². The Morgan fingerprint density at radius 1 is 1.17 bits per heavy atom. The van der Waals surface area contributed by atoms with Gasteiger partial charge in [0.2, 0.25) is 10.0 Å². The normalized spacial score (nSPS) is 11.1. The minimum absolute atomic E-state index is 0.0731. The van der Waals surface area contributed by atoms with Crippen LogP contribution < -0.4 is 15.2 Å². The van der Waals surface area contributed by atoms with Gasteiger partial charge in [0.05, 0.1) is 12.0 Å². The maximum atomic E-state index is 12.1. The van der Waals surface area contributed by atoms with Crippen molar-refractivity contribution < 1.29 is 17.9 Å². The van der Waals surface area contributed by atoms with Crippen LogP contribution in [0.5, 0.6) is 5.75 Å². The molecule has 0 radical (unpaired) electrons. The van der Waals surface area contributed by atoms with Crippen molar-refractivity contribution in [3.63, 3.8) is 0 Å². The van der Waals surface area contributed by atoms with E-state index >= 15 is 0 Å². The van der Waals surface area contributed by atoms with Crippen LogP contribution in [0.4, 0.5) is 0 Å². The van der Waals surface area contributed by atoms with Crippen LogP contribution in [0.2, 0.25) is 0 Å². The molecule has 2 rings (SSSR count). The second-order valence-electron chi connectivity index (χ2n) is 5.38. The summed E-state index contributed by atoms with van der Waals surface area (Å²) in [6.07, 6.45) is 0.589. The fourth-order valence-corrected chi connectivity index (χ4v) is 2.80. The van der Waals surface area contributed by atoms with Gasteiger partial charge in [0.15, 0.2) is 0 Å². The number of nitrogens with one attached hydrogen (secondary N) is 1. The Morgan fingerprint density at radius 2 is 1.83 bits per heavy atom. The minimum atomic E-state index is -3.68. The number of aryl methyl sites for hydroxylation is 1. The van der Waals surface area contributed by atoms with E-state index in [0.29, 0.717) is 18.5 Å². The zero-order valence-electron chi connectivity index (χ0n) is 13.6. The summed E-state index contributed by atoms with van der Waals surface area (Å²) in [6.45, 7) is 2.32. The van der Waals surface area contributed by atoms with E-state index in [2.05, 4.69) is 5.32 Å². The van der Waals surface area contributed by atoms with Crippen molar-refractivity contribution in [1.82, 2.24) is 5.32 Å². The van der Waals surface area contributed by atoms with Crippen LogP contribution in [0, 0.1) is 6.92 Å². The fraction of sp³-hybridized carbons (Fsp3) is 0.235. The van der Waals surface area contributed by atoms with E-state index in [9.17, 15) is 13.2 Å². The molecule has 0 bridgehead atoms. The SMILES string of the molecule is COc1ccc(C(=O)NCCc2ccc(S(N)(=O)=O)cc2)cc1C. The molecule has 0 unspecified atom stereocenters. The third-order valence-corrected chi connectivity index (χ3v) is 4.54. The van der Waals surface area contributed by atoms with Crippen molar-refractivity contribution >= 4 is 15.9 Å². The molecule has 3 N–H and O–H groups in total. The number of hydrogen-bond donors (Lipinski definition) is 2. The van der Waals surface area contributed by atoms with Gasteiger partial charge >= 0.3 is 0 Å². The van der Waals surface area contributed by atoms with Crippen molar-refractivity contribution in [3.05, 3.63) is 59.2 Å². The maximum Gasteiger partial charge on any atom is 0.251 e. The first-order valence-corrected chi connectivity index (χ1v) is 8.90. The van der Waals surface area contributed by atoms with Crippen molar-refractivity contribution in [1.29, 1.82) is 0 Å². The van der Waals surface area contributed by atoms with E-state index in [-0.39, 0.29) is 10.8 Å². The molecule has 0 aliphatic rings. The highest BCUT2D eigenvalue weighted by Crippen LogP contribution is 2.18. The van der Waals surface area contributed by atoms with Gasteiger partial charge in [0.1, 0.15) is 5.75 Å². The lowest BCUT2D eigenvalue weighted by atomic mass is 10.1. The zero-order valence-corrected chi connectivity index (χ0v) is 14.4. The number of carbonyl (C=O) groups is 1. The number of nitrogens with two attached hydrogens (primary N) is 1. The lowest BCUT2D eigenvalue weighted by molar-refractivity contribution is 0.0954. The van der Waals surface area contributed by atoms with Crippen LogP contribution in [0.3, 0.4) is 0 Å². The smallest absolute Gasteiger partial charge is 0.251 e. The lowest BCUT2D eigenvalue weighted by Crippen LogP contribution is -2.25. The average molecular weight is 348 g/mol. The van der Waals surface area contributed by atoms with Gasteiger partial charge in [-0.2, -0.15) is 0 Å². The molecular formula is C17H20N2O4S. The average Bonchev–Trinajstić information content (AvgIpc) is 2.54. The van der Waals surface area contributed by atoms with Crippen LogP contribution in [-0.2, 0) is 16.4 Å². The van der Waals surface area contributed by atoms with Gasteiger partial charge in [-0.25, -0.2) is 13.6 Å². The molecule has 2 aromatic rings. The Kier molecular flexibility index (Phi) is 5.58. The number of ether oxygens (including phenoxy) is 1. The van der Waals surface area contributed by atoms with Gasteiger partial charge in [0.25, 0.3) is 5.91 Å². The molecule has 0 fully saturated rings. The largest absolute Gasteiger partial charge is 0.496 e. The van der Waals surface area contributed by atoms with Gasteiger partial charge < -0.3 is 10.1 Å². The standard InChI is InChI=1S/C17H20N2O4S/c1-12-11-14(5-8-16(12)23-2)17(20)19-10-9-13-3-6-15(7-4-13)24(18,21)22/h3-8,11H,9-10H2,1-2H3,(H,19,20)(H2,18,21,22). The van der Waals surface area contributed by atoms with Crippen LogP contribution in [0.25, 0.3) is 0 Å². The van der Waals surface area contributed by atoms with Crippen LogP contribution in [0.15, 0.2) is 47.4 Å². The van der Waals surface area contributed by atoms with E-state index in [4.69, 9.17) is 9.88 Å².